The monoisotopic (exact) mass is 89.0 g/mol. The minimum Gasteiger partial charge on any atom is -0.241 e. The van der Waals surface area contributed by atoms with E-state index in [9.17, 15) is 0 Å². The summed E-state index contributed by atoms with van der Waals surface area (Å²) in [6.07, 6.45) is 0. The maximum absolute atomic E-state index is 9.10. The van der Waals surface area contributed by atoms with Crippen molar-refractivity contribution in [2.24, 2.45) is 0 Å². The first-order valence-corrected chi connectivity index (χ1v) is 1.40. The van der Waals surface area contributed by atoms with Crippen LogP contribution in [-0.4, -0.2) is 11.3 Å². The first kappa shape index (κ1) is 4.56. The van der Waals surface area contributed by atoms with Gasteiger partial charge in [-0.05, 0) is 0 Å². The molecule has 0 aromatic rings. The van der Waals surface area contributed by atoms with Crippen LogP contribution in [0.2, 0.25) is 0 Å². The molecular formula is C2HO2S. The lowest BCUT2D eigenvalue weighted by Crippen LogP contribution is -1.86. The summed E-state index contributed by atoms with van der Waals surface area (Å²) in [4.78, 5) is 9.10. The highest BCUT2D eigenvalue weighted by Crippen LogP contribution is 1.50. The van der Waals surface area contributed by atoms with E-state index in [0.717, 1.165) is 0 Å². The molecule has 0 bridgehead atoms. The van der Waals surface area contributed by atoms with Crippen LogP contribution in [-0.2, 0) is 9.90 Å². The molecule has 0 heterocycles. The van der Waals surface area contributed by atoms with Gasteiger partial charge in [0.2, 0.25) is 0 Å². The summed E-state index contributed by atoms with van der Waals surface area (Å²) in [6, 6.07) is 0. The lowest BCUT2D eigenvalue weighted by atomic mass is 10.8. The third-order valence-corrected chi connectivity index (χ3v) is 0.289. The molecule has 2 nitrogen and oxygen atoms in total. The van der Waals surface area contributed by atoms with Gasteiger partial charge in [-0.3, -0.25) is 0 Å². The Balaban J connectivity index is 3.20. The largest absolute Gasteiger partial charge is 0.389 e. The highest BCUT2D eigenvalue weighted by Gasteiger charge is 1.81. The Morgan fingerprint density at radius 2 is 2.00 bits per heavy atom. The van der Waals surface area contributed by atoms with Gasteiger partial charge in [0.15, 0.2) is 0 Å². The zero-order valence-electron chi connectivity index (χ0n) is 2.30. The molecule has 27 valence electrons. The quantitative estimate of drug-likeness (QED) is 0.422. The molecule has 0 aliphatic rings. The van der Waals surface area contributed by atoms with E-state index in [4.69, 9.17) is 9.90 Å². The third-order valence-electron chi connectivity index (χ3n) is 0.0962. The van der Waals surface area contributed by atoms with Crippen LogP contribution in [0, 0.1) is 0 Å². The smallest absolute Gasteiger partial charge is 0.241 e. The molecule has 0 rings (SSSR count). The standard InChI is InChI=1S/C2HO2S/c3-2(4)1-5/h1H. The fourth-order valence-electron chi connectivity index (χ4n) is 0. The van der Waals surface area contributed by atoms with E-state index in [-0.39, 0.29) is 0 Å². The van der Waals surface area contributed by atoms with Crippen LogP contribution in [0.5, 0.6) is 0 Å². The summed E-state index contributed by atoms with van der Waals surface area (Å²) in [5, 5.41) is 9.65. The molecule has 0 unspecified atom stereocenters. The van der Waals surface area contributed by atoms with Crippen molar-refractivity contribution < 1.29 is 9.90 Å². The molecule has 0 N–H and O–H groups in total. The minimum atomic E-state index is -1.31. The van der Waals surface area contributed by atoms with Crippen molar-refractivity contribution in [3.05, 3.63) is 0 Å². The van der Waals surface area contributed by atoms with Crippen molar-refractivity contribution in [3.63, 3.8) is 0 Å². The maximum atomic E-state index is 9.10. The van der Waals surface area contributed by atoms with Crippen LogP contribution in [0.25, 0.3) is 0 Å². The van der Waals surface area contributed by atoms with Gasteiger partial charge in [0.1, 0.15) is 0 Å². The molecule has 0 fully saturated rings. The van der Waals surface area contributed by atoms with Gasteiger partial charge in [0, 0.05) is 0 Å². The van der Waals surface area contributed by atoms with Crippen molar-refractivity contribution in [1.82, 2.24) is 0 Å². The van der Waals surface area contributed by atoms with Gasteiger partial charge in [0.05, 0.1) is 5.37 Å². The number of thiocarbonyl (C=S) groups is 1. The molecular weight excluding hydrogens is 88.1 g/mol. The van der Waals surface area contributed by atoms with Gasteiger partial charge in [-0.25, -0.2) is 9.90 Å². The topological polar surface area (TPSA) is 37.0 Å². The molecule has 0 saturated carbocycles. The average molecular weight is 89.1 g/mol. The molecule has 0 saturated heterocycles. The van der Waals surface area contributed by atoms with Gasteiger partial charge < -0.3 is 0 Å². The minimum absolute atomic E-state index is 0.556. The molecule has 0 aliphatic heterocycles. The highest BCUT2D eigenvalue weighted by atomic mass is 32.1. The number of carbonyl (C=O) groups is 1. The first-order chi connectivity index (χ1) is 2.27. The summed E-state index contributed by atoms with van der Waals surface area (Å²) in [7, 11) is 0. The van der Waals surface area contributed by atoms with Crippen molar-refractivity contribution in [2.75, 3.05) is 0 Å². The first-order valence-electron chi connectivity index (χ1n) is 0.933. The predicted octanol–water partition coefficient (Wildman–Crippen LogP) is -0.0568. The number of hydrogen-bond donors (Lipinski definition) is 0. The summed E-state index contributed by atoms with van der Waals surface area (Å²) in [6.45, 7) is 0. The molecule has 5 heavy (non-hydrogen) atoms. The molecule has 3 heteroatoms. The van der Waals surface area contributed by atoms with Crippen LogP contribution in [0.1, 0.15) is 0 Å². The van der Waals surface area contributed by atoms with Crippen molar-refractivity contribution in [3.8, 4) is 0 Å². The third kappa shape index (κ3) is 3.56. The summed E-state index contributed by atoms with van der Waals surface area (Å²) < 4.78 is 0. The second-order valence-corrected chi connectivity index (χ2v) is 0.673. The Morgan fingerprint density at radius 3 is 2.00 bits per heavy atom. The fourth-order valence-corrected chi connectivity index (χ4v) is 0. The van der Waals surface area contributed by atoms with Crippen molar-refractivity contribution in [2.45, 2.75) is 0 Å². The van der Waals surface area contributed by atoms with E-state index in [2.05, 4.69) is 12.2 Å². The van der Waals surface area contributed by atoms with E-state index >= 15 is 0 Å². The number of rotatable bonds is 1. The second-order valence-electron chi connectivity index (χ2n) is 0.437. The summed E-state index contributed by atoms with van der Waals surface area (Å²) in [5.74, 6) is -1.31. The zero-order chi connectivity index (χ0) is 4.28. The van der Waals surface area contributed by atoms with E-state index in [0.29, 0.717) is 5.37 Å². The van der Waals surface area contributed by atoms with E-state index in [1.54, 1.807) is 0 Å². The van der Waals surface area contributed by atoms with Crippen LogP contribution in [0.15, 0.2) is 0 Å². The van der Waals surface area contributed by atoms with Gasteiger partial charge in [-0.15, -0.1) is 0 Å². The molecule has 0 spiro atoms. The second kappa shape index (κ2) is 1.84. The Morgan fingerprint density at radius 1 is 1.80 bits per heavy atom. The van der Waals surface area contributed by atoms with Crippen LogP contribution in [0.4, 0.5) is 0 Å². The predicted molar refractivity (Wildman–Crippen MR) is 19.3 cm³/mol. The zero-order valence-corrected chi connectivity index (χ0v) is 3.12. The number of hydrogen-bond acceptors (Lipinski definition) is 2. The fraction of sp³-hybridized carbons (Fsp3) is 0. The Bertz CT molecular complexity index is 58.7. The van der Waals surface area contributed by atoms with E-state index in [1.807, 2.05) is 0 Å². The van der Waals surface area contributed by atoms with Gasteiger partial charge in [-0.1, -0.05) is 12.2 Å². The maximum Gasteiger partial charge on any atom is 0.389 e. The lowest BCUT2D eigenvalue weighted by molar-refractivity contribution is -0.134. The van der Waals surface area contributed by atoms with Crippen LogP contribution in [0.3, 0.4) is 0 Å². The van der Waals surface area contributed by atoms with Crippen molar-refractivity contribution >= 4 is 23.6 Å². The van der Waals surface area contributed by atoms with Gasteiger partial charge in [-0.2, -0.15) is 0 Å². The molecule has 1 radical (unpaired) electrons. The normalized spacial score (nSPS) is 6.40. The van der Waals surface area contributed by atoms with E-state index in [1.165, 1.54) is 0 Å². The number of carbonyl (C=O) groups excluding carboxylic acids is 1. The Kier molecular flexibility index (Phi) is 1.68. The molecule has 0 aromatic heterocycles. The molecule has 0 amide bonds. The van der Waals surface area contributed by atoms with Crippen molar-refractivity contribution in [1.29, 1.82) is 0 Å². The summed E-state index contributed by atoms with van der Waals surface area (Å²) >= 11 is 3.89. The Labute approximate surface area is 34.4 Å². The molecule has 0 atom stereocenters. The highest BCUT2D eigenvalue weighted by molar-refractivity contribution is 7.80. The van der Waals surface area contributed by atoms with E-state index < -0.39 is 5.97 Å². The average Bonchev–Trinajstić information content (AvgIpc) is 1.38. The van der Waals surface area contributed by atoms with Crippen LogP contribution >= 0.6 is 12.2 Å². The lowest BCUT2D eigenvalue weighted by Gasteiger charge is -1.54. The molecule has 0 aromatic carbocycles. The summed E-state index contributed by atoms with van der Waals surface area (Å²) in [5.41, 5.74) is 0. The SMILES string of the molecule is [O]C(=O)C=S. The molecule has 0 aliphatic carbocycles. The van der Waals surface area contributed by atoms with Gasteiger partial charge >= 0.3 is 5.97 Å². The van der Waals surface area contributed by atoms with Crippen LogP contribution < -0.4 is 0 Å². The van der Waals surface area contributed by atoms with Gasteiger partial charge in [0.25, 0.3) is 0 Å². The Hall–Kier alpha value is -0.440.